The van der Waals surface area contributed by atoms with E-state index in [0.717, 1.165) is 35.8 Å². The first-order valence-electron chi connectivity index (χ1n) is 13.0. The molecule has 4 N–H and O–H groups in total. The van der Waals surface area contributed by atoms with Crippen LogP contribution in [0.5, 0.6) is 0 Å². The average molecular weight is 487 g/mol. The standard InChI is InChI=1S/C30H46O5/c1-21(2)9-6-10-22(3)11-7-12-24(20-33)26-15-17-30(28(26)34)27(13-8-18-31)25(23(4)19-32)14-16-29(30,5)35/h7,9,11-12,19,26-28,31,33-35H,3,6,8,10,13-18,20H2,1-2,4-5H3/b11-7+,24-12-,25-23+/t26-,27+,28+,29-,30-/m0/s1. The van der Waals surface area contributed by atoms with Crippen molar-refractivity contribution in [3.05, 3.63) is 58.7 Å². The van der Waals surface area contributed by atoms with Crippen LogP contribution in [0.2, 0.25) is 0 Å². The predicted octanol–water partition coefficient (Wildman–Crippen LogP) is 4.97. The van der Waals surface area contributed by atoms with Gasteiger partial charge in [-0.15, -0.1) is 0 Å². The normalized spacial score (nSPS) is 32.8. The molecule has 0 aromatic carbocycles. The van der Waals surface area contributed by atoms with Crippen LogP contribution < -0.4 is 0 Å². The fourth-order valence-corrected chi connectivity index (χ4v) is 6.39. The van der Waals surface area contributed by atoms with Crippen molar-refractivity contribution in [3.8, 4) is 0 Å². The Morgan fingerprint density at radius 2 is 1.91 bits per heavy atom. The summed E-state index contributed by atoms with van der Waals surface area (Å²) in [6.45, 7) is 11.7. The Morgan fingerprint density at radius 1 is 1.20 bits per heavy atom. The van der Waals surface area contributed by atoms with Crippen LogP contribution in [0.25, 0.3) is 0 Å². The monoisotopic (exact) mass is 486 g/mol. The van der Waals surface area contributed by atoms with Crippen LogP contribution in [-0.2, 0) is 4.79 Å². The van der Waals surface area contributed by atoms with E-state index in [2.05, 4.69) is 26.5 Å². The molecule has 0 aliphatic heterocycles. The molecule has 0 heterocycles. The minimum absolute atomic E-state index is 0.0196. The van der Waals surface area contributed by atoms with E-state index in [-0.39, 0.29) is 25.0 Å². The number of aliphatic hydroxyl groups is 4. The quantitative estimate of drug-likeness (QED) is 0.143. The Hall–Kier alpha value is -1.79. The molecular formula is C30H46O5. The summed E-state index contributed by atoms with van der Waals surface area (Å²) in [7, 11) is 0. The molecule has 196 valence electrons. The number of allylic oxidation sites excluding steroid dienone is 8. The van der Waals surface area contributed by atoms with E-state index in [1.54, 1.807) is 13.8 Å². The zero-order valence-corrected chi connectivity index (χ0v) is 22.1. The van der Waals surface area contributed by atoms with Crippen LogP contribution in [0.15, 0.2) is 58.7 Å². The second-order valence-electron chi connectivity index (χ2n) is 10.9. The van der Waals surface area contributed by atoms with Gasteiger partial charge in [0.15, 0.2) is 0 Å². The molecule has 5 nitrogen and oxygen atoms in total. The van der Waals surface area contributed by atoms with Gasteiger partial charge in [0, 0.05) is 17.9 Å². The summed E-state index contributed by atoms with van der Waals surface area (Å²) >= 11 is 0. The summed E-state index contributed by atoms with van der Waals surface area (Å²) in [5, 5.41) is 43.1. The molecular weight excluding hydrogens is 440 g/mol. The molecule has 2 aliphatic carbocycles. The van der Waals surface area contributed by atoms with Gasteiger partial charge in [-0.05, 0) is 96.1 Å². The first-order chi connectivity index (χ1) is 16.6. The zero-order valence-electron chi connectivity index (χ0n) is 22.1. The molecule has 0 bridgehead atoms. The van der Waals surface area contributed by atoms with Gasteiger partial charge in [-0.2, -0.15) is 0 Å². The minimum Gasteiger partial charge on any atom is -0.396 e. The van der Waals surface area contributed by atoms with Gasteiger partial charge in [0.05, 0.1) is 18.3 Å². The Morgan fingerprint density at radius 3 is 2.51 bits per heavy atom. The largest absolute Gasteiger partial charge is 0.396 e. The number of carbonyl (C=O) groups is 1. The highest BCUT2D eigenvalue weighted by atomic mass is 16.3. The molecule has 0 aromatic rings. The first kappa shape index (κ1) is 29.4. The van der Waals surface area contributed by atoms with Gasteiger partial charge in [0.1, 0.15) is 6.29 Å². The van der Waals surface area contributed by atoms with E-state index in [1.165, 1.54) is 5.57 Å². The summed E-state index contributed by atoms with van der Waals surface area (Å²) in [6, 6.07) is 0. The van der Waals surface area contributed by atoms with E-state index < -0.39 is 17.1 Å². The van der Waals surface area contributed by atoms with Crippen LogP contribution in [-0.4, -0.2) is 51.6 Å². The summed E-state index contributed by atoms with van der Waals surface area (Å²) in [5.74, 6) is -0.489. The SMILES string of the molecule is C=C(/C=C/C=C(/CO)[C@@H]1CC[C@]2([C@H](CCCO)/C(=C(\C)C=O)CC[C@]2(C)O)[C@@H]1O)CCC=C(C)C. The Kier molecular flexibility index (Phi) is 10.9. The lowest BCUT2D eigenvalue weighted by molar-refractivity contribution is -0.167. The van der Waals surface area contributed by atoms with Gasteiger partial charge in [-0.3, -0.25) is 4.79 Å². The molecule has 2 saturated carbocycles. The fourth-order valence-electron chi connectivity index (χ4n) is 6.39. The lowest BCUT2D eigenvalue weighted by Gasteiger charge is -2.55. The van der Waals surface area contributed by atoms with E-state index in [1.807, 2.05) is 18.2 Å². The first-order valence-corrected chi connectivity index (χ1v) is 13.0. The minimum atomic E-state index is -1.12. The summed E-state index contributed by atoms with van der Waals surface area (Å²) in [5.41, 5.74) is 2.71. The third kappa shape index (κ3) is 6.51. The lowest BCUT2D eigenvalue weighted by Crippen LogP contribution is -2.59. The van der Waals surface area contributed by atoms with Crippen molar-refractivity contribution in [3.63, 3.8) is 0 Å². The van der Waals surface area contributed by atoms with Crippen molar-refractivity contribution in [1.82, 2.24) is 0 Å². The number of rotatable bonds is 11. The predicted molar refractivity (Wildman–Crippen MR) is 142 cm³/mol. The van der Waals surface area contributed by atoms with Gasteiger partial charge < -0.3 is 20.4 Å². The molecule has 35 heavy (non-hydrogen) atoms. The van der Waals surface area contributed by atoms with Crippen LogP contribution in [0.1, 0.15) is 79.1 Å². The highest BCUT2D eigenvalue weighted by Gasteiger charge is 2.63. The summed E-state index contributed by atoms with van der Waals surface area (Å²) in [4.78, 5) is 11.7. The van der Waals surface area contributed by atoms with E-state index in [4.69, 9.17) is 0 Å². The number of aliphatic hydroxyl groups excluding tert-OH is 3. The number of hydrogen-bond acceptors (Lipinski definition) is 5. The maximum Gasteiger partial charge on any atom is 0.145 e. The van der Waals surface area contributed by atoms with Crippen molar-refractivity contribution in [2.45, 2.75) is 90.8 Å². The van der Waals surface area contributed by atoms with Crippen molar-refractivity contribution < 1.29 is 25.2 Å². The van der Waals surface area contributed by atoms with Gasteiger partial charge >= 0.3 is 0 Å². The third-order valence-corrected chi connectivity index (χ3v) is 8.36. The van der Waals surface area contributed by atoms with Crippen LogP contribution >= 0.6 is 0 Å². The molecule has 0 radical (unpaired) electrons. The lowest BCUT2D eigenvalue weighted by atomic mass is 9.52. The smallest absolute Gasteiger partial charge is 0.145 e. The van der Waals surface area contributed by atoms with Gasteiger partial charge in [0.25, 0.3) is 0 Å². The average Bonchev–Trinajstić information content (AvgIpc) is 3.15. The van der Waals surface area contributed by atoms with Gasteiger partial charge in [0.2, 0.25) is 0 Å². The van der Waals surface area contributed by atoms with Gasteiger partial charge in [-0.25, -0.2) is 0 Å². The second-order valence-corrected chi connectivity index (χ2v) is 10.9. The maximum absolute atomic E-state index is 11.8. The molecule has 0 saturated heterocycles. The molecule has 0 amide bonds. The molecule has 2 aliphatic rings. The topological polar surface area (TPSA) is 98.0 Å². The molecule has 2 rings (SSSR count). The Labute approximate surface area is 211 Å². The maximum atomic E-state index is 11.8. The number of aldehydes is 1. The number of hydrogen-bond donors (Lipinski definition) is 4. The van der Waals surface area contributed by atoms with Crippen molar-refractivity contribution in [2.24, 2.45) is 17.3 Å². The van der Waals surface area contributed by atoms with Crippen molar-refractivity contribution >= 4 is 6.29 Å². The number of carbonyl (C=O) groups excluding carboxylic acids is 1. The molecule has 0 unspecified atom stereocenters. The van der Waals surface area contributed by atoms with Crippen LogP contribution in [0, 0.1) is 17.3 Å². The Bertz CT molecular complexity index is 871. The summed E-state index contributed by atoms with van der Waals surface area (Å²) in [6.07, 6.45) is 13.1. The van der Waals surface area contributed by atoms with Crippen molar-refractivity contribution in [2.75, 3.05) is 13.2 Å². The van der Waals surface area contributed by atoms with Crippen LogP contribution in [0.3, 0.4) is 0 Å². The fraction of sp³-hybridized carbons (Fsp3) is 0.633. The van der Waals surface area contributed by atoms with E-state index in [0.29, 0.717) is 44.1 Å². The van der Waals surface area contributed by atoms with Gasteiger partial charge in [-0.1, -0.05) is 47.6 Å². The van der Waals surface area contributed by atoms with E-state index in [9.17, 15) is 25.2 Å². The highest BCUT2D eigenvalue weighted by Crippen LogP contribution is 2.62. The molecule has 5 heteroatoms. The molecule has 1 spiro atoms. The van der Waals surface area contributed by atoms with Crippen molar-refractivity contribution in [1.29, 1.82) is 0 Å². The molecule has 0 aromatic heterocycles. The highest BCUT2D eigenvalue weighted by molar-refractivity contribution is 5.74. The molecule has 2 fully saturated rings. The Balaban J connectivity index is 2.35. The summed E-state index contributed by atoms with van der Waals surface area (Å²) < 4.78 is 0. The third-order valence-electron chi connectivity index (χ3n) is 8.36. The molecule has 5 atom stereocenters. The second kappa shape index (κ2) is 13.0. The zero-order chi connectivity index (χ0) is 26.2. The van der Waals surface area contributed by atoms with Crippen LogP contribution in [0.4, 0.5) is 0 Å². The van der Waals surface area contributed by atoms with E-state index >= 15 is 0 Å².